The van der Waals surface area contributed by atoms with Crippen LogP contribution in [0, 0.1) is 13.8 Å². The Kier molecular flexibility index (Phi) is 8.71. The molecule has 3 aromatic rings. The topological polar surface area (TPSA) is 35.9 Å². The molecule has 1 N–H and O–H groups in total. The monoisotopic (exact) mass is 486 g/mol. The van der Waals surface area contributed by atoms with Gasteiger partial charge in [-0.2, -0.15) is 0 Å². The predicted molar refractivity (Wildman–Crippen MR) is 150 cm³/mol. The van der Waals surface area contributed by atoms with Crippen LogP contribution >= 0.6 is 0 Å². The predicted octanol–water partition coefficient (Wildman–Crippen LogP) is 6.30. The summed E-state index contributed by atoms with van der Waals surface area (Å²) in [4.78, 5) is 5.02. The van der Waals surface area contributed by atoms with E-state index in [0.29, 0.717) is 0 Å². The van der Waals surface area contributed by atoms with Gasteiger partial charge in [0.2, 0.25) is 0 Å². The third kappa shape index (κ3) is 6.11. The van der Waals surface area contributed by atoms with Gasteiger partial charge in [-0.15, -0.1) is 0 Å². The van der Waals surface area contributed by atoms with Gasteiger partial charge in [-0.05, 0) is 67.6 Å². The fraction of sp³-hybridized carbons (Fsp3) is 0.438. The summed E-state index contributed by atoms with van der Waals surface area (Å²) in [5.41, 5.74) is 5.15. The van der Waals surface area contributed by atoms with Crippen LogP contribution in [0.1, 0.15) is 54.9 Å². The van der Waals surface area contributed by atoms with Crippen molar-refractivity contribution < 1.29 is 9.84 Å². The van der Waals surface area contributed by atoms with Gasteiger partial charge in [0, 0.05) is 44.3 Å². The van der Waals surface area contributed by atoms with Gasteiger partial charge in [-0.3, -0.25) is 4.90 Å². The van der Waals surface area contributed by atoms with E-state index in [4.69, 9.17) is 4.74 Å². The average Bonchev–Trinajstić information content (AvgIpc) is 2.90. The lowest BCUT2D eigenvalue weighted by Gasteiger charge is -2.41. The number of unbranched alkanes of at least 4 members (excludes halogenated alkanes) is 1. The minimum absolute atomic E-state index is 0.0437. The normalized spacial score (nSPS) is 17.0. The highest BCUT2D eigenvalue weighted by molar-refractivity contribution is 5.56. The van der Waals surface area contributed by atoms with E-state index < -0.39 is 5.60 Å². The molecule has 1 fully saturated rings. The summed E-state index contributed by atoms with van der Waals surface area (Å²) < 4.78 is 5.85. The fourth-order valence-electron chi connectivity index (χ4n) is 5.22. The minimum Gasteiger partial charge on any atom is -0.494 e. The lowest BCUT2D eigenvalue weighted by Crippen LogP contribution is -2.49. The summed E-state index contributed by atoms with van der Waals surface area (Å²) in [5, 5.41) is 12.0. The molecule has 0 spiro atoms. The number of ether oxygens (including phenoxy) is 1. The van der Waals surface area contributed by atoms with Crippen LogP contribution in [0.2, 0.25) is 0 Å². The summed E-state index contributed by atoms with van der Waals surface area (Å²) >= 11 is 0. The summed E-state index contributed by atoms with van der Waals surface area (Å²) in [6.45, 7) is 14.0. The van der Waals surface area contributed by atoms with Crippen LogP contribution in [0.3, 0.4) is 0 Å². The molecular weight excluding hydrogens is 444 g/mol. The molecule has 0 bridgehead atoms. The van der Waals surface area contributed by atoms with E-state index in [9.17, 15) is 5.11 Å². The molecule has 1 aliphatic rings. The summed E-state index contributed by atoms with van der Waals surface area (Å²) in [6.07, 6.45) is 2.16. The van der Waals surface area contributed by atoms with E-state index >= 15 is 0 Å². The van der Waals surface area contributed by atoms with E-state index in [1.54, 1.807) is 0 Å². The van der Waals surface area contributed by atoms with Crippen LogP contribution in [0.4, 0.5) is 5.69 Å². The molecule has 1 aliphatic heterocycles. The Morgan fingerprint density at radius 1 is 0.889 bits per heavy atom. The molecule has 0 radical (unpaired) electrons. The third-order valence-corrected chi connectivity index (χ3v) is 7.82. The number of aryl methyl sites for hydroxylation is 1. The number of benzene rings is 3. The minimum atomic E-state index is -1.01. The molecule has 0 amide bonds. The number of hydrogen-bond acceptors (Lipinski definition) is 4. The number of nitrogens with zero attached hydrogens (tertiary/aromatic N) is 2. The molecule has 0 saturated carbocycles. The Morgan fingerprint density at radius 2 is 1.58 bits per heavy atom. The van der Waals surface area contributed by atoms with Gasteiger partial charge in [-0.1, -0.05) is 67.9 Å². The number of aliphatic hydroxyl groups is 1. The van der Waals surface area contributed by atoms with Crippen molar-refractivity contribution in [3.05, 3.63) is 95.1 Å². The van der Waals surface area contributed by atoms with Gasteiger partial charge in [-0.25, -0.2) is 0 Å². The largest absolute Gasteiger partial charge is 0.494 e. The first-order valence-electron chi connectivity index (χ1n) is 13.4. The highest BCUT2D eigenvalue weighted by Crippen LogP contribution is 2.38. The molecule has 3 aromatic carbocycles. The van der Waals surface area contributed by atoms with Crippen molar-refractivity contribution in [1.29, 1.82) is 0 Å². The highest BCUT2D eigenvalue weighted by atomic mass is 16.5. The number of rotatable bonds is 10. The number of hydrogen-bond donors (Lipinski definition) is 1. The molecule has 1 heterocycles. The Labute approximate surface area is 217 Å². The van der Waals surface area contributed by atoms with Crippen molar-refractivity contribution in [2.45, 2.75) is 52.1 Å². The molecule has 4 nitrogen and oxygen atoms in total. The summed E-state index contributed by atoms with van der Waals surface area (Å²) in [6, 6.07) is 25.1. The van der Waals surface area contributed by atoms with Crippen LogP contribution in [0.15, 0.2) is 72.8 Å². The smallest absolute Gasteiger partial charge is 0.119 e. The van der Waals surface area contributed by atoms with Crippen molar-refractivity contribution in [3.8, 4) is 5.75 Å². The lowest BCUT2D eigenvalue weighted by atomic mass is 9.78. The Morgan fingerprint density at radius 3 is 2.25 bits per heavy atom. The molecule has 192 valence electrons. The molecule has 36 heavy (non-hydrogen) atoms. The second-order valence-electron chi connectivity index (χ2n) is 10.3. The molecule has 2 unspecified atom stereocenters. The van der Waals surface area contributed by atoms with Crippen molar-refractivity contribution in [3.63, 3.8) is 0 Å². The van der Waals surface area contributed by atoms with Gasteiger partial charge in [0.1, 0.15) is 5.75 Å². The first-order chi connectivity index (χ1) is 17.4. The van der Waals surface area contributed by atoms with E-state index in [1.807, 2.05) is 37.3 Å². The maximum absolute atomic E-state index is 12.0. The molecule has 1 saturated heterocycles. The zero-order valence-corrected chi connectivity index (χ0v) is 22.4. The maximum atomic E-state index is 12.0. The Hall–Kier alpha value is -2.82. The fourth-order valence-corrected chi connectivity index (χ4v) is 5.22. The van der Waals surface area contributed by atoms with Gasteiger partial charge >= 0.3 is 0 Å². The molecule has 4 rings (SSSR count). The van der Waals surface area contributed by atoms with E-state index in [1.165, 1.54) is 22.4 Å². The maximum Gasteiger partial charge on any atom is 0.119 e. The number of piperazine rings is 1. The van der Waals surface area contributed by atoms with Gasteiger partial charge in [0.15, 0.2) is 0 Å². The van der Waals surface area contributed by atoms with Crippen molar-refractivity contribution in [1.82, 2.24) is 4.90 Å². The first kappa shape index (κ1) is 26.2. The van der Waals surface area contributed by atoms with E-state index in [2.05, 4.69) is 73.0 Å². The van der Waals surface area contributed by atoms with Crippen molar-refractivity contribution in [2.24, 2.45) is 0 Å². The Balaban J connectivity index is 1.49. The van der Waals surface area contributed by atoms with E-state index in [-0.39, 0.29) is 5.92 Å². The van der Waals surface area contributed by atoms with E-state index in [0.717, 1.165) is 63.5 Å². The van der Waals surface area contributed by atoms with Crippen LogP contribution in [0.25, 0.3) is 0 Å². The lowest BCUT2D eigenvalue weighted by molar-refractivity contribution is 0.0121. The Bertz CT molecular complexity index is 1090. The molecule has 4 heteroatoms. The van der Waals surface area contributed by atoms with Gasteiger partial charge in [0.05, 0.1) is 12.2 Å². The highest BCUT2D eigenvalue weighted by Gasteiger charge is 2.36. The molecule has 0 aliphatic carbocycles. The second kappa shape index (κ2) is 11.9. The molecular formula is C32H42N2O2. The van der Waals surface area contributed by atoms with Crippen molar-refractivity contribution >= 4 is 5.69 Å². The summed E-state index contributed by atoms with van der Waals surface area (Å²) in [7, 11) is 0. The molecule has 2 atom stereocenters. The van der Waals surface area contributed by atoms with Gasteiger partial charge in [0.25, 0.3) is 0 Å². The van der Waals surface area contributed by atoms with Crippen LogP contribution in [-0.4, -0.2) is 49.3 Å². The van der Waals surface area contributed by atoms with Crippen molar-refractivity contribution in [2.75, 3.05) is 44.2 Å². The zero-order chi connectivity index (χ0) is 25.5. The van der Waals surface area contributed by atoms with Crippen LogP contribution < -0.4 is 9.64 Å². The zero-order valence-electron chi connectivity index (χ0n) is 22.4. The second-order valence-corrected chi connectivity index (χ2v) is 10.3. The third-order valence-electron chi connectivity index (χ3n) is 7.82. The van der Waals surface area contributed by atoms with Crippen LogP contribution in [-0.2, 0) is 5.60 Å². The number of anilines is 1. The SMILES string of the molecule is CCCCOc1ccc(C(C)(O)C(CN2CCN(c3cccc(C)c3C)CC2)c2ccccc2)cc1. The quantitative estimate of drug-likeness (QED) is 0.341. The average molecular weight is 487 g/mol. The standard InChI is InChI=1S/C32H42N2O2/c1-5-6-23-36-29-17-15-28(16-18-29)32(4,35)30(27-12-8-7-9-13-27)24-33-19-21-34(22-20-33)31-14-10-11-25(2)26(31)3/h7-18,30,35H,5-6,19-24H2,1-4H3. The molecule has 0 aromatic heterocycles. The summed E-state index contributed by atoms with van der Waals surface area (Å²) in [5.74, 6) is 0.819. The first-order valence-corrected chi connectivity index (χ1v) is 13.4. The van der Waals surface area contributed by atoms with Crippen LogP contribution in [0.5, 0.6) is 5.75 Å². The van der Waals surface area contributed by atoms with Gasteiger partial charge < -0.3 is 14.7 Å².